The monoisotopic (exact) mass is 421 g/mol. The zero-order valence-electron chi connectivity index (χ0n) is 18.0. The average molecular weight is 422 g/mol. The molecule has 5 nitrogen and oxygen atoms in total. The van der Waals surface area contributed by atoms with Crippen molar-refractivity contribution in [2.75, 3.05) is 18.0 Å². The maximum absolute atomic E-state index is 14.3. The molecular formula is C25H28FN3O2. The number of carbonyl (C=O) groups is 1. The van der Waals surface area contributed by atoms with Crippen LogP contribution in [0, 0.1) is 19.7 Å². The molecule has 6 heteroatoms. The van der Waals surface area contributed by atoms with E-state index in [0.717, 1.165) is 42.0 Å². The molecule has 1 amide bonds. The normalized spacial score (nSPS) is 16.4. The lowest BCUT2D eigenvalue weighted by atomic mass is 10.0. The quantitative estimate of drug-likeness (QED) is 0.620. The lowest BCUT2D eigenvalue weighted by Crippen LogP contribution is -2.48. The highest BCUT2D eigenvalue weighted by Crippen LogP contribution is 2.26. The summed E-state index contributed by atoms with van der Waals surface area (Å²) in [7, 11) is 0. The maximum Gasteiger partial charge on any atom is 0.220 e. The minimum Gasteiger partial charge on any atom is -0.440 e. The van der Waals surface area contributed by atoms with Crippen LogP contribution in [0.1, 0.15) is 36.4 Å². The van der Waals surface area contributed by atoms with Gasteiger partial charge in [0.25, 0.3) is 0 Å². The fraction of sp³-hybridized carbons (Fsp3) is 0.360. The summed E-state index contributed by atoms with van der Waals surface area (Å²) in [5.41, 5.74) is 3.44. The molecule has 4 rings (SSSR count). The van der Waals surface area contributed by atoms with E-state index in [1.807, 2.05) is 55.1 Å². The Morgan fingerprint density at radius 3 is 2.84 bits per heavy atom. The van der Waals surface area contributed by atoms with Crippen molar-refractivity contribution < 1.29 is 13.6 Å². The fourth-order valence-electron chi connectivity index (χ4n) is 4.12. The lowest BCUT2D eigenvalue weighted by molar-refractivity contribution is -0.121. The Morgan fingerprint density at radius 2 is 2.03 bits per heavy atom. The Morgan fingerprint density at radius 1 is 1.23 bits per heavy atom. The maximum atomic E-state index is 14.3. The zero-order chi connectivity index (χ0) is 21.8. The van der Waals surface area contributed by atoms with Crippen molar-refractivity contribution in [1.29, 1.82) is 0 Å². The van der Waals surface area contributed by atoms with Crippen molar-refractivity contribution >= 4 is 11.6 Å². The van der Waals surface area contributed by atoms with Crippen molar-refractivity contribution in [3.05, 3.63) is 71.5 Å². The van der Waals surface area contributed by atoms with Gasteiger partial charge in [0.2, 0.25) is 5.91 Å². The van der Waals surface area contributed by atoms with Crippen molar-refractivity contribution in [3.8, 4) is 11.3 Å². The fourth-order valence-corrected chi connectivity index (χ4v) is 4.12. The molecule has 1 aromatic heterocycles. The topological polar surface area (TPSA) is 58.4 Å². The Kier molecular flexibility index (Phi) is 6.35. The molecule has 0 radical (unpaired) electrons. The van der Waals surface area contributed by atoms with E-state index in [2.05, 4.69) is 10.3 Å². The van der Waals surface area contributed by atoms with Crippen LogP contribution >= 0.6 is 0 Å². The largest absolute Gasteiger partial charge is 0.440 e. The van der Waals surface area contributed by atoms with Crippen LogP contribution in [-0.4, -0.2) is 30.0 Å². The predicted molar refractivity (Wildman–Crippen MR) is 120 cm³/mol. The molecule has 1 aliphatic heterocycles. The number of nitrogens with zero attached hydrogens (tertiary/aromatic N) is 2. The molecule has 1 unspecified atom stereocenters. The number of nitrogens with one attached hydrogen (secondary N) is 1. The molecule has 2 heterocycles. The van der Waals surface area contributed by atoms with E-state index in [0.29, 0.717) is 31.0 Å². The Hall–Kier alpha value is -3.15. The van der Waals surface area contributed by atoms with Gasteiger partial charge in [0.1, 0.15) is 5.82 Å². The number of hydrogen-bond acceptors (Lipinski definition) is 4. The highest BCUT2D eigenvalue weighted by molar-refractivity contribution is 5.76. The first-order valence-corrected chi connectivity index (χ1v) is 10.8. The number of rotatable bonds is 6. The molecule has 1 saturated heterocycles. The molecule has 31 heavy (non-hydrogen) atoms. The first kappa shape index (κ1) is 21.1. The van der Waals surface area contributed by atoms with Gasteiger partial charge in [-0.2, -0.15) is 0 Å². The molecule has 1 aliphatic rings. The number of piperidine rings is 1. The van der Waals surface area contributed by atoms with Gasteiger partial charge in [-0.25, -0.2) is 9.37 Å². The third-order valence-corrected chi connectivity index (χ3v) is 5.67. The Bertz CT molecular complexity index is 1050. The summed E-state index contributed by atoms with van der Waals surface area (Å²) in [5, 5.41) is 3.10. The Labute approximate surface area is 182 Å². The molecule has 0 aliphatic carbocycles. The molecule has 0 bridgehead atoms. The Balaban J connectivity index is 1.32. The van der Waals surface area contributed by atoms with Gasteiger partial charge < -0.3 is 14.6 Å². The van der Waals surface area contributed by atoms with Gasteiger partial charge in [-0.15, -0.1) is 0 Å². The second kappa shape index (κ2) is 9.33. The van der Waals surface area contributed by atoms with E-state index in [9.17, 15) is 9.18 Å². The van der Waals surface area contributed by atoms with Gasteiger partial charge >= 0.3 is 0 Å². The SMILES string of the molecule is Cc1ccc(F)c(N2CCCC(NC(=O)CCc3nc(C)c(-c4ccccc4)o3)C2)c1. The molecule has 2 aromatic carbocycles. The van der Waals surface area contributed by atoms with Crippen LogP contribution in [0.5, 0.6) is 0 Å². The number of halogens is 1. The summed E-state index contributed by atoms with van der Waals surface area (Å²) in [6.07, 6.45) is 2.57. The second-order valence-corrected chi connectivity index (χ2v) is 8.20. The molecule has 162 valence electrons. The number of aromatic nitrogens is 1. The van der Waals surface area contributed by atoms with E-state index < -0.39 is 0 Å². The van der Waals surface area contributed by atoms with Crippen molar-refractivity contribution in [3.63, 3.8) is 0 Å². The summed E-state index contributed by atoms with van der Waals surface area (Å²) in [6, 6.07) is 15.0. The minimum atomic E-state index is -0.217. The lowest BCUT2D eigenvalue weighted by Gasteiger charge is -2.35. The van der Waals surface area contributed by atoms with Crippen LogP contribution in [-0.2, 0) is 11.2 Å². The van der Waals surface area contributed by atoms with Gasteiger partial charge in [-0.1, -0.05) is 36.4 Å². The third-order valence-electron chi connectivity index (χ3n) is 5.67. The minimum absolute atomic E-state index is 0.00679. The summed E-state index contributed by atoms with van der Waals surface area (Å²) in [4.78, 5) is 19.0. The predicted octanol–water partition coefficient (Wildman–Crippen LogP) is 4.82. The molecule has 1 fully saturated rings. The van der Waals surface area contributed by atoms with Crippen LogP contribution in [0.25, 0.3) is 11.3 Å². The molecule has 0 spiro atoms. The van der Waals surface area contributed by atoms with E-state index in [4.69, 9.17) is 4.42 Å². The number of anilines is 1. The van der Waals surface area contributed by atoms with E-state index in [1.54, 1.807) is 6.07 Å². The van der Waals surface area contributed by atoms with Crippen LogP contribution in [0.2, 0.25) is 0 Å². The number of hydrogen-bond donors (Lipinski definition) is 1. The molecule has 0 saturated carbocycles. The van der Waals surface area contributed by atoms with E-state index in [1.165, 1.54) is 6.07 Å². The smallest absolute Gasteiger partial charge is 0.220 e. The average Bonchev–Trinajstić information content (AvgIpc) is 3.15. The van der Waals surface area contributed by atoms with Crippen LogP contribution in [0.4, 0.5) is 10.1 Å². The standard InChI is InChI=1S/C25H28FN3O2/c1-17-10-11-21(26)22(15-17)29-14-6-9-20(16-29)28-23(30)12-13-24-27-18(2)25(31-24)19-7-4-3-5-8-19/h3-5,7-8,10-11,15,20H,6,9,12-14,16H2,1-2H3,(H,28,30). The van der Waals surface area contributed by atoms with Crippen molar-refractivity contribution in [1.82, 2.24) is 10.3 Å². The first-order chi connectivity index (χ1) is 15.0. The summed E-state index contributed by atoms with van der Waals surface area (Å²) >= 11 is 0. The van der Waals surface area contributed by atoms with Gasteiger partial charge in [-0.05, 0) is 44.4 Å². The number of aryl methyl sites for hydroxylation is 3. The molecule has 1 atom stereocenters. The first-order valence-electron chi connectivity index (χ1n) is 10.8. The molecule has 1 N–H and O–H groups in total. The van der Waals surface area contributed by atoms with Gasteiger partial charge in [0.15, 0.2) is 11.7 Å². The number of oxazole rings is 1. The number of carbonyl (C=O) groups excluding carboxylic acids is 1. The summed E-state index contributed by atoms with van der Waals surface area (Å²) in [6.45, 7) is 5.28. The number of benzene rings is 2. The molecular weight excluding hydrogens is 393 g/mol. The van der Waals surface area contributed by atoms with Gasteiger partial charge in [0.05, 0.1) is 11.4 Å². The summed E-state index contributed by atoms with van der Waals surface area (Å²) < 4.78 is 20.2. The second-order valence-electron chi connectivity index (χ2n) is 8.20. The van der Waals surface area contributed by atoms with Gasteiger partial charge in [-0.3, -0.25) is 4.79 Å². The van der Waals surface area contributed by atoms with Crippen molar-refractivity contribution in [2.24, 2.45) is 0 Å². The number of amides is 1. The van der Waals surface area contributed by atoms with Crippen LogP contribution in [0.15, 0.2) is 52.9 Å². The zero-order valence-corrected chi connectivity index (χ0v) is 18.0. The molecule has 3 aromatic rings. The summed E-state index contributed by atoms with van der Waals surface area (Å²) in [5.74, 6) is 1.07. The van der Waals surface area contributed by atoms with E-state index >= 15 is 0 Å². The van der Waals surface area contributed by atoms with Gasteiger partial charge in [0, 0.05) is 37.5 Å². The highest BCUT2D eigenvalue weighted by Gasteiger charge is 2.23. The third kappa shape index (κ3) is 5.13. The van der Waals surface area contributed by atoms with Crippen molar-refractivity contribution in [2.45, 2.75) is 45.6 Å². The highest BCUT2D eigenvalue weighted by atomic mass is 19.1. The van der Waals surface area contributed by atoms with Crippen LogP contribution in [0.3, 0.4) is 0 Å². The van der Waals surface area contributed by atoms with Crippen LogP contribution < -0.4 is 10.2 Å². The van der Waals surface area contributed by atoms with E-state index in [-0.39, 0.29) is 17.8 Å².